The SMILES string of the molecule is CCCOc1ccc(CN2CCCC(N(C)CC(=O)O)CC2)cc1OCC. The zero-order chi connectivity index (χ0) is 19.6. The van der Waals surface area contributed by atoms with Gasteiger partial charge in [0.1, 0.15) is 0 Å². The molecule has 0 aliphatic carbocycles. The molecule has 0 amide bonds. The number of rotatable bonds is 10. The van der Waals surface area contributed by atoms with Crippen LogP contribution in [0.15, 0.2) is 18.2 Å². The minimum Gasteiger partial charge on any atom is -0.490 e. The molecule has 0 radical (unpaired) electrons. The van der Waals surface area contributed by atoms with Crippen LogP contribution in [0.1, 0.15) is 45.1 Å². The predicted octanol–water partition coefficient (Wildman–Crippen LogP) is 3.25. The first-order chi connectivity index (χ1) is 13.0. The Kier molecular flexibility index (Phi) is 8.88. The number of ether oxygens (including phenoxy) is 2. The molecular weight excluding hydrogens is 344 g/mol. The van der Waals surface area contributed by atoms with Crippen LogP contribution in [-0.2, 0) is 11.3 Å². The third-order valence-corrected chi connectivity index (χ3v) is 4.97. The molecule has 1 aromatic carbocycles. The summed E-state index contributed by atoms with van der Waals surface area (Å²) in [5.41, 5.74) is 1.22. The van der Waals surface area contributed by atoms with Crippen molar-refractivity contribution < 1.29 is 19.4 Å². The third-order valence-electron chi connectivity index (χ3n) is 4.97. The standard InChI is InChI=1S/C21H34N2O4/c1-4-13-27-19-9-8-17(14-20(19)26-5-2)15-23-11-6-7-18(10-12-23)22(3)16-21(24)25/h8-9,14,18H,4-7,10-13,15-16H2,1-3H3,(H,24,25). The number of carbonyl (C=O) groups is 1. The topological polar surface area (TPSA) is 62.2 Å². The lowest BCUT2D eigenvalue weighted by molar-refractivity contribution is -0.138. The summed E-state index contributed by atoms with van der Waals surface area (Å²) >= 11 is 0. The lowest BCUT2D eigenvalue weighted by atomic mass is 10.1. The van der Waals surface area contributed by atoms with Gasteiger partial charge in [-0.05, 0) is 70.4 Å². The van der Waals surface area contributed by atoms with Gasteiger partial charge in [-0.3, -0.25) is 14.6 Å². The van der Waals surface area contributed by atoms with Crippen LogP contribution in [0.2, 0.25) is 0 Å². The van der Waals surface area contributed by atoms with Crippen molar-refractivity contribution in [1.82, 2.24) is 9.80 Å². The summed E-state index contributed by atoms with van der Waals surface area (Å²) in [6, 6.07) is 6.56. The van der Waals surface area contributed by atoms with Crippen molar-refractivity contribution in [2.75, 3.05) is 39.9 Å². The van der Waals surface area contributed by atoms with Crippen molar-refractivity contribution in [2.45, 2.75) is 52.1 Å². The molecule has 1 N–H and O–H groups in total. The summed E-state index contributed by atoms with van der Waals surface area (Å²) in [5, 5.41) is 9.00. The van der Waals surface area contributed by atoms with E-state index < -0.39 is 5.97 Å². The van der Waals surface area contributed by atoms with E-state index in [4.69, 9.17) is 14.6 Å². The van der Waals surface area contributed by atoms with E-state index in [1.165, 1.54) is 5.56 Å². The molecule has 1 atom stereocenters. The molecule has 0 spiro atoms. The van der Waals surface area contributed by atoms with E-state index >= 15 is 0 Å². The first kappa shape index (κ1) is 21.5. The van der Waals surface area contributed by atoms with Crippen LogP contribution in [0.4, 0.5) is 0 Å². The van der Waals surface area contributed by atoms with Gasteiger partial charge in [-0.2, -0.15) is 0 Å². The van der Waals surface area contributed by atoms with Gasteiger partial charge in [-0.25, -0.2) is 0 Å². The molecule has 0 aromatic heterocycles. The second kappa shape index (κ2) is 11.1. The molecular formula is C21H34N2O4. The van der Waals surface area contributed by atoms with Crippen LogP contribution in [0.25, 0.3) is 0 Å². The van der Waals surface area contributed by atoms with Gasteiger partial charge in [-0.15, -0.1) is 0 Å². The molecule has 2 rings (SSSR count). The Hall–Kier alpha value is -1.79. The van der Waals surface area contributed by atoms with Crippen LogP contribution in [0.3, 0.4) is 0 Å². The Morgan fingerprint density at radius 3 is 2.74 bits per heavy atom. The first-order valence-electron chi connectivity index (χ1n) is 10.1. The molecule has 6 heteroatoms. The van der Waals surface area contributed by atoms with E-state index in [0.717, 1.165) is 56.8 Å². The van der Waals surface area contributed by atoms with Gasteiger partial charge in [0.05, 0.1) is 19.8 Å². The maximum absolute atomic E-state index is 10.9. The number of carboxylic acids is 1. The van der Waals surface area contributed by atoms with Crippen molar-refractivity contribution in [1.29, 1.82) is 0 Å². The molecule has 1 aliphatic heterocycles. The quantitative estimate of drug-likeness (QED) is 0.674. The summed E-state index contributed by atoms with van der Waals surface area (Å²) < 4.78 is 11.6. The summed E-state index contributed by atoms with van der Waals surface area (Å²) in [7, 11) is 1.91. The molecule has 27 heavy (non-hydrogen) atoms. The molecule has 0 saturated carbocycles. The molecule has 1 aromatic rings. The van der Waals surface area contributed by atoms with Gasteiger partial charge in [-0.1, -0.05) is 13.0 Å². The third kappa shape index (κ3) is 7.03. The molecule has 6 nitrogen and oxygen atoms in total. The summed E-state index contributed by atoms with van der Waals surface area (Å²) in [5.74, 6) is 0.874. The number of likely N-dealkylation sites (tertiary alicyclic amines) is 1. The van der Waals surface area contributed by atoms with Crippen LogP contribution < -0.4 is 9.47 Å². The lowest BCUT2D eigenvalue weighted by Crippen LogP contribution is -2.36. The molecule has 1 unspecified atom stereocenters. The average Bonchev–Trinajstić information content (AvgIpc) is 2.86. The summed E-state index contributed by atoms with van der Waals surface area (Å²) in [4.78, 5) is 15.4. The Balaban J connectivity index is 1.96. The number of nitrogens with zero attached hydrogens (tertiary/aromatic N) is 2. The van der Waals surface area contributed by atoms with Gasteiger partial charge >= 0.3 is 5.97 Å². The summed E-state index contributed by atoms with van der Waals surface area (Å²) in [6.07, 6.45) is 4.11. The fourth-order valence-corrected chi connectivity index (χ4v) is 3.59. The largest absolute Gasteiger partial charge is 0.490 e. The van der Waals surface area contributed by atoms with Gasteiger partial charge in [0.25, 0.3) is 0 Å². The lowest BCUT2D eigenvalue weighted by Gasteiger charge is -2.25. The number of hydrogen-bond acceptors (Lipinski definition) is 5. The van der Waals surface area contributed by atoms with Gasteiger partial charge < -0.3 is 14.6 Å². The number of aliphatic carboxylic acids is 1. The fraction of sp³-hybridized carbons (Fsp3) is 0.667. The van der Waals surface area contributed by atoms with E-state index in [1.807, 2.05) is 24.9 Å². The number of carboxylic acid groups (broad SMARTS) is 1. The molecule has 0 bridgehead atoms. The predicted molar refractivity (Wildman–Crippen MR) is 107 cm³/mol. The highest BCUT2D eigenvalue weighted by atomic mass is 16.5. The van der Waals surface area contributed by atoms with E-state index in [2.05, 4.69) is 24.0 Å². The van der Waals surface area contributed by atoms with Gasteiger partial charge in [0, 0.05) is 12.6 Å². The van der Waals surface area contributed by atoms with E-state index in [9.17, 15) is 4.79 Å². The van der Waals surface area contributed by atoms with Crippen LogP contribution in [0, 0.1) is 0 Å². The number of likely N-dealkylation sites (N-methyl/N-ethyl adjacent to an activating group) is 1. The van der Waals surface area contributed by atoms with Crippen molar-refractivity contribution in [2.24, 2.45) is 0 Å². The van der Waals surface area contributed by atoms with E-state index in [1.54, 1.807) is 0 Å². The first-order valence-corrected chi connectivity index (χ1v) is 10.1. The fourth-order valence-electron chi connectivity index (χ4n) is 3.59. The highest BCUT2D eigenvalue weighted by molar-refractivity contribution is 5.69. The minimum atomic E-state index is -0.757. The molecule has 152 valence electrons. The van der Waals surface area contributed by atoms with Crippen molar-refractivity contribution in [3.8, 4) is 11.5 Å². The van der Waals surface area contributed by atoms with Crippen LogP contribution in [-0.4, -0.2) is 66.8 Å². The van der Waals surface area contributed by atoms with Gasteiger partial charge in [0.15, 0.2) is 11.5 Å². The maximum atomic E-state index is 10.9. The highest BCUT2D eigenvalue weighted by Crippen LogP contribution is 2.29. The van der Waals surface area contributed by atoms with Crippen molar-refractivity contribution in [3.05, 3.63) is 23.8 Å². The average molecular weight is 379 g/mol. The minimum absolute atomic E-state index is 0.113. The Bertz CT molecular complexity index is 594. The molecule has 1 saturated heterocycles. The highest BCUT2D eigenvalue weighted by Gasteiger charge is 2.22. The Morgan fingerprint density at radius 2 is 2.04 bits per heavy atom. The molecule has 1 fully saturated rings. The maximum Gasteiger partial charge on any atom is 0.317 e. The number of hydrogen-bond donors (Lipinski definition) is 1. The monoisotopic (exact) mass is 378 g/mol. The Morgan fingerprint density at radius 1 is 1.22 bits per heavy atom. The normalized spacial score (nSPS) is 18.3. The Labute approximate surface area is 163 Å². The molecule has 1 heterocycles. The zero-order valence-corrected chi connectivity index (χ0v) is 16.9. The van der Waals surface area contributed by atoms with Gasteiger partial charge in [0.2, 0.25) is 0 Å². The van der Waals surface area contributed by atoms with E-state index in [0.29, 0.717) is 19.3 Å². The van der Waals surface area contributed by atoms with Crippen molar-refractivity contribution in [3.63, 3.8) is 0 Å². The number of benzene rings is 1. The second-order valence-corrected chi connectivity index (χ2v) is 7.23. The van der Waals surface area contributed by atoms with Crippen LogP contribution in [0.5, 0.6) is 11.5 Å². The second-order valence-electron chi connectivity index (χ2n) is 7.23. The van der Waals surface area contributed by atoms with Crippen molar-refractivity contribution >= 4 is 5.97 Å². The van der Waals surface area contributed by atoms with E-state index in [-0.39, 0.29) is 6.54 Å². The smallest absolute Gasteiger partial charge is 0.317 e. The molecule has 1 aliphatic rings. The summed E-state index contributed by atoms with van der Waals surface area (Å²) in [6.45, 7) is 8.39. The van der Waals surface area contributed by atoms with Crippen LogP contribution >= 0.6 is 0 Å². The zero-order valence-electron chi connectivity index (χ0n) is 16.9.